The van der Waals surface area contributed by atoms with Crippen LogP contribution in [0.15, 0.2) is 0 Å². The molecule has 1 aromatic rings. The number of halogens is 3. The number of carboxylic acids is 1. The van der Waals surface area contributed by atoms with E-state index in [2.05, 4.69) is 4.98 Å². The average molecular weight is 256 g/mol. The van der Waals surface area contributed by atoms with Crippen molar-refractivity contribution in [3.8, 4) is 5.75 Å². The second-order valence-corrected chi connectivity index (χ2v) is 3.33. The summed E-state index contributed by atoms with van der Waals surface area (Å²) in [6.45, 7) is 0. The first-order valence-corrected chi connectivity index (χ1v) is 4.44. The molecule has 0 unspecified atom stereocenters. The lowest BCUT2D eigenvalue weighted by atomic mass is 10.3. The Morgan fingerprint density at radius 3 is 2.36 bits per heavy atom. The van der Waals surface area contributed by atoms with Gasteiger partial charge in [-0.3, -0.25) is 0 Å². The molecular weight excluding hydrogens is 252 g/mol. The van der Waals surface area contributed by atoms with Crippen LogP contribution < -0.4 is 4.74 Å². The quantitative estimate of drug-likeness (QED) is 0.827. The molecule has 0 saturated carbocycles. The van der Waals surface area contributed by atoms with Gasteiger partial charge in [-0.25, -0.2) is 9.78 Å². The van der Waals surface area contributed by atoms with Gasteiger partial charge in [-0.1, -0.05) is 34.8 Å². The zero-order valence-corrected chi connectivity index (χ0v) is 9.11. The number of nitrogens with zero attached hydrogens (tertiary/aromatic N) is 1. The third-order valence-corrected chi connectivity index (χ3v) is 2.48. The monoisotopic (exact) mass is 255 g/mol. The number of hydrogen-bond donors (Lipinski definition) is 1. The SMILES string of the molecule is COc1c(Cl)c(Cl)nc(C(=O)O)c1Cl. The Labute approximate surface area is 94.4 Å². The molecule has 7 heteroatoms. The highest BCUT2D eigenvalue weighted by Crippen LogP contribution is 2.38. The van der Waals surface area contributed by atoms with E-state index >= 15 is 0 Å². The summed E-state index contributed by atoms with van der Waals surface area (Å²) in [5.74, 6) is -1.29. The van der Waals surface area contributed by atoms with E-state index in [4.69, 9.17) is 44.6 Å². The largest absolute Gasteiger partial charge is 0.493 e. The second kappa shape index (κ2) is 4.21. The van der Waals surface area contributed by atoms with Crippen LogP contribution in [0.2, 0.25) is 15.2 Å². The van der Waals surface area contributed by atoms with Gasteiger partial charge in [0.15, 0.2) is 16.6 Å². The number of carbonyl (C=O) groups is 1. The summed E-state index contributed by atoms with van der Waals surface area (Å²) in [6, 6.07) is 0. The molecule has 0 aromatic carbocycles. The van der Waals surface area contributed by atoms with Crippen LogP contribution in [-0.2, 0) is 0 Å². The Morgan fingerprint density at radius 1 is 1.36 bits per heavy atom. The van der Waals surface area contributed by atoms with E-state index in [1.807, 2.05) is 0 Å². The zero-order chi connectivity index (χ0) is 10.9. The summed E-state index contributed by atoms with van der Waals surface area (Å²) in [5, 5.41) is 8.35. The highest BCUT2D eigenvalue weighted by molar-refractivity contribution is 6.44. The van der Waals surface area contributed by atoms with Gasteiger partial charge in [-0.05, 0) is 0 Å². The van der Waals surface area contributed by atoms with Gasteiger partial charge in [0.25, 0.3) is 0 Å². The van der Waals surface area contributed by atoms with Crippen molar-refractivity contribution in [2.75, 3.05) is 7.11 Å². The van der Waals surface area contributed by atoms with Crippen LogP contribution in [0, 0.1) is 0 Å². The first kappa shape index (κ1) is 11.4. The maximum Gasteiger partial charge on any atom is 0.356 e. The number of carboxylic acid groups (broad SMARTS) is 1. The first-order valence-electron chi connectivity index (χ1n) is 3.30. The minimum Gasteiger partial charge on any atom is -0.493 e. The van der Waals surface area contributed by atoms with Gasteiger partial charge in [0.2, 0.25) is 0 Å². The van der Waals surface area contributed by atoms with Crippen LogP contribution in [0.4, 0.5) is 0 Å². The molecule has 14 heavy (non-hydrogen) atoms. The highest BCUT2D eigenvalue weighted by Gasteiger charge is 2.21. The van der Waals surface area contributed by atoms with E-state index in [-0.39, 0.29) is 20.9 Å². The summed E-state index contributed by atoms with van der Waals surface area (Å²) < 4.78 is 4.80. The molecule has 0 aliphatic heterocycles. The second-order valence-electron chi connectivity index (χ2n) is 2.22. The first-order chi connectivity index (χ1) is 6.49. The van der Waals surface area contributed by atoms with Gasteiger partial charge < -0.3 is 9.84 Å². The molecule has 4 nitrogen and oxygen atoms in total. The van der Waals surface area contributed by atoms with E-state index in [0.29, 0.717) is 0 Å². The fourth-order valence-corrected chi connectivity index (χ4v) is 1.54. The number of methoxy groups -OCH3 is 1. The number of rotatable bonds is 2. The van der Waals surface area contributed by atoms with Crippen molar-refractivity contribution < 1.29 is 14.6 Å². The number of aromatic nitrogens is 1. The minimum absolute atomic E-state index is 0.00531. The Morgan fingerprint density at radius 2 is 1.93 bits per heavy atom. The fraction of sp³-hybridized carbons (Fsp3) is 0.143. The molecule has 0 aliphatic carbocycles. The molecule has 1 heterocycles. The van der Waals surface area contributed by atoms with Crippen molar-refractivity contribution >= 4 is 40.8 Å². The Kier molecular flexibility index (Phi) is 3.42. The number of aromatic carboxylic acids is 1. The Bertz CT molecular complexity index is 394. The van der Waals surface area contributed by atoms with Crippen molar-refractivity contribution in [3.05, 3.63) is 20.9 Å². The summed E-state index contributed by atoms with van der Waals surface area (Å²) in [7, 11) is 1.30. The number of hydrogen-bond acceptors (Lipinski definition) is 3. The Hall–Kier alpha value is -0.710. The molecule has 0 amide bonds. The summed E-state index contributed by atoms with van der Waals surface area (Å²) in [4.78, 5) is 14.2. The lowest BCUT2D eigenvalue weighted by molar-refractivity contribution is 0.0690. The van der Waals surface area contributed by atoms with Crippen LogP contribution >= 0.6 is 34.8 Å². The predicted octanol–water partition coefficient (Wildman–Crippen LogP) is 2.75. The van der Waals surface area contributed by atoms with Crippen molar-refractivity contribution in [2.24, 2.45) is 0 Å². The average Bonchev–Trinajstić information content (AvgIpc) is 2.12. The summed E-state index contributed by atoms with van der Waals surface area (Å²) in [6.07, 6.45) is 0. The molecule has 0 fully saturated rings. The van der Waals surface area contributed by atoms with E-state index < -0.39 is 11.7 Å². The molecule has 76 valence electrons. The molecule has 1 N–H and O–H groups in total. The minimum atomic E-state index is -1.30. The fourth-order valence-electron chi connectivity index (χ4n) is 0.815. The molecule has 1 rings (SSSR count). The lowest BCUT2D eigenvalue weighted by Gasteiger charge is -2.08. The van der Waals surface area contributed by atoms with E-state index in [9.17, 15) is 4.79 Å². The van der Waals surface area contributed by atoms with Gasteiger partial charge >= 0.3 is 5.97 Å². The zero-order valence-electron chi connectivity index (χ0n) is 6.84. The normalized spacial score (nSPS) is 10.0. The molecular formula is C7H4Cl3NO3. The molecule has 0 saturated heterocycles. The highest BCUT2D eigenvalue weighted by atomic mass is 35.5. The topological polar surface area (TPSA) is 59.4 Å². The molecule has 0 bridgehead atoms. The van der Waals surface area contributed by atoms with Crippen molar-refractivity contribution in [3.63, 3.8) is 0 Å². The van der Waals surface area contributed by atoms with E-state index in [0.717, 1.165) is 0 Å². The predicted molar refractivity (Wildman–Crippen MR) is 52.8 cm³/mol. The van der Waals surface area contributed by atoms with Crippen molar-refractivity contribution in [1.82, 2.24) is 4.98 Å². The molecule has 0 radical (unpaired) electrons. The standard InChI is InChI=1S/C7H4Cl3NO3/c1-14-5-2(8)4(7(12)13)11-6(10)3(5)9/h1H3,(H,12,13). The van der Waals surface area contributed by atoms with E-state index in [1.54, 1.807) is 0 Å². The maximum absolute atomic E-state index is 10.6. The number of ether oxygens (including phenoxy) is 1. The van der Waals surface area contributed by atoms with Crippen LogP contribution in [0.1, 0.15) is 10.5 Å². The molecule has 0 aliphatic rings. The van der Waals surface area contributed by atoms with Crippen molar-refractivity contribution in [2.45, 2.75) is 0 Å². The van der Waals surface area contributed by atoms with Crippen LogP contribution in [0.3, 0.4) is 0 Å². The van der Waals surface area contributed by atoms with Crippen LogP contribution in [0.25, 0.3) is 0 Å². The van der Waals surface area contributed by atoms with Crippen LogP contribution in [-0.4, -0.2) is 23.2 Å². The number of pyridine rings is 1. The molecule has 0 spiro atoms. The summed E-state index contributed by atoms with van der Waals surface area (Å²) >= 11 is 16.9. The molecule has 1 aromatic heterocycles. The third-order valence-electron chi connectivity index (χ3n) is 1.40. The lowest BCUT2D eigenvalue weighted by Crippen LogP contribution is -2.03. The molecule has 0 atom stereocenters. The van der Waals surface area contributed by atoms with Gasteiger partial charge in [0, 0.05) is 0 Å². The smallest absolute Gasteiger partial charge is 0.356 e. The van der Waals surface area contributed by atoms with Gasteiger partial charge in [0.1, 0.15) is 10.0 Å². The maximum atomic E-state index is 10.6. The Balaban J connectivity index is 3.50. The van der Waals surface area contributed by atoms with Gasteiger partial charge in [-0.15, -0.1) is 0 Å². The summed E-state index contributed by atoms with van der Waals surface area (Å²) in [5.41, 5.74) is -0.391. The third kappa shape index (κ3) is 1.87. The van der Waals surface area contributed by atoms with Gasteiger partial charge in [-0.2, -0.15) is 0 Å². The van der Waals surface area contributed by atoms with Crippen LogP contribution in [0.5, 0.6) is 5.75 Å². The van der Waals surface area contributed by atoms with Crippen molar-refractivity contribution in [1.29, 1.82) is 0 Å². The van der Waals surface area contributed by atoms with Gasteiger partial charge in [0.05, 0.1) is 7.11 Å². The van der Waals surface area contributed by atoms with E-state index in [1.165, 1.54) is 7.11 Å².